The van der Waals surface area contributed by atoms with Gasteiger partial charge in [0.1, 0.15) is 0 Å². The first-order chi connectivity index (χ1) is 5.24. The summed E-state index contributed by atoms with van der Waals surface area (Å²) in [6.07, 6.45) is 1.60. The number of halogens is 1. The lowest BCUT2D eigenvalue weighted by Crippen LogP contribution is -1.92. The number of rotatable bonds is 1. The van der Waals surface area contributed by atoms with E-state index >= 15 is 0 Å². The van der Waals surface area contributed by atoms with Crippen LogP contribution in [0.5, 0.6) is 0 Å². The first kappa shape index (κ1) is 8.03. The van der Waals surface area contributed by atoms with E-state index in [0.717, 1.165) is 5.69 Å². The first-order valence-corrected chi connectivity index (χ1v) is 3.63. The van der Waals surface area contributed by atoms with E-state index in [0.29, 0.717) is 5.02 Å². The summed E-state index contributed by atoms with van der Waals surface area (Å²) in [7, 11) is 0. The van der Waals surface area contributed by atoms with Gasteiger partial charge in [-0.25, -0.2) is 0 Å². The van der Waals surface area contributed by atoms with Crippen LogP contribution in [0.25, 0.3) is 0 Å². The second-order valence-electron chi connectivity index (χ2n) is 2.25. The molecule has 0 saturated heterocycles. The van der Waals surface area contributed by atoms with Gasteiger partial charge in [0, 0.05) is 11.2 Å². The maximum Gasteiger partial charge on any atom is 0.0857 e. The van der Waals surface area contributed by atoms with Crippen molar-refractivity contribution >= 4 is 11.6 Å². The van der Waals surface area contributed by atoms with Crippen molar-refractivity contribution in [3.05, 3.63) is 29.0 Å². The molecule has 0 aliphatic carbocycles. The van der Waals surface area contributed by atoms with Crippen LogP contribution in [0.15, 0.2) is 18.3 Å². The van der Waals surface area contributed by atoms with Gasteiger partial charge < -0.3 is 0 Å². The number of nitrogens with zero attached hydrogens (tertiary/aromatic N) is 2. The predicted molar refractivity (Wildman–Crippen MR) is 43.3 cm³/mol. The zero-order valence-corrected chi connectivity index (χ0v) is 6.84. The average Bonchev–Trinajstić information content (AvgIpc) is 2.03. The highest BCUT2D eigenvalue weighted by atomic mass is 35.5. The summed E-state index contributed by atoms with van der Waals surface area (Å²) in [4.78, 5) is 4.00. The van der Waals surface area contributed by atoms with Gasteiger partial charge in [-0.3, -0.25) is 4.98 Å². The second-order valence-corrected chi connectivity index (χ2v) is 2.69. The van der Waals surface area contributed by atoms with Crippen molar-refractivity contribution in [2.75, 3.05) is 0 Å². The van der Waals surface area contributed by atoms with Crippen molar-refractivity contribution in [1.82, 2.24) is 4.98 Å². The van der Waals surface area contributed by atoms with E-state index in [1.165, 1.54) is 0 Å². The summed E-state index contributed by atoms with van der Waals surface area (Å²) >= 11 is 5.70. The molecule has 0 bridgehead atoms. The number of nitriles is 1. The Morgan fingerprint density at radius 3 is 3.00 bits per heavy atom. The highest BCUT2D eigenvalue weighted by Gasteiger charge is 2.04. The molecule has 0 aliphatic heterocycles. The number of hydrogen-bond donors (Lipinski definition) is 0. The molecule has 0 radical (unpaired) electrons. The highest BCUT2D eigenvalue weighted by molar-refractivity contribution is 6.30. The SMILES string of the molecule is CC(C#N)c1cc(Cl)ccn1. The molecule has 0 N–H and O–H groups in total. The van der Waals surface area contributed by atoms with Gasteiger partial charge in [0.25, 0.3) is 0 Å². The Kier molecular flexibility index (Phi) is 2.45. The molecule has 1 unspecified atom stereocenters. The van der Waals surface area contributed by atoms with Gasteiger partial charge in [-0.2, -0.15) is 5.26 Å². The molecule has 2 nitrogen and oxygen atoms in total. The molecule has 1 aromatic heterocycles. The summed E-state index contributed by atoms with van der Waals surface area (Å²) in [5.74, 6) is -0.186. The summed E-state index contributed by atoms with van der Waals surface area (Å²) < 4.78 is 0. The van der Waals surface area contributed by atoms with E-state index in [-0.39, 0.29) is 5.92 Å². The second kappa shape index (κ2) is 3.36. The highest BCUT2D eigenvalue weighted by Crippen LogP contribution is 2.15. The standard InChI is InChI=1S/C8H7ClN2/c1-6(5-10)8-4-7(9)2-3-11-8/h2-4,6H,1H3. The predicted octanol–water partition coefficient (Wildman–Crippen LogP) is 2.36. The van der Waals surface area contributed by atoms with E-state index in [4.69, 9.17) is 16.9 Å². The van der Waals surface area contributed by atoms with Gasteiger partial charge in [-0.05, 0) is 19.1 Å². The fourth-order valence-corrected chi connectivity index (χ4v) is 0.892. The average molecular weight is 167 g/mol. The van der Waals surface area contributed by atoms with E-state index < -0.39 is 0 Å². The molecular formula is C8H7ClN2. The smallest absolute Gasteiger partial charge is 0.0857 e. The van der Waals surface area contributed by atoms with Crippen molar-refractivity contribution in [1.29, 1.82) is 5.26 Å². The van der Waals surface area contributed by atoms with Crippen LogP contribution in [0.3, 0.4) is 0 Å². The Morgan fingerprint density at radius 2 is 2.45 bits per heavy atom. The molecule has 56 valence electrons. The fourth-order valence-electron chi connectivity index (χ4n) is 0.724. The van der Waals surface area contributed by atoms with E-state index in [9.17, 15) is 0 Å². The van der Waals surface area contributed by atoms with Crippen molar-refractivity contribution < 1.29 is 0 Å². The minimum absolute atomic E-state index is 0.186. The quantitative estimate of drug-likeness (QED) is 0.642. The van der Waals surface area contributed by atoms with Crippen molar-refractivity contribution in [3.63, 3.8) is 0 Å². The summed E-state index contributed by atoms with van der Waals surface area (Å²) in [6.45, 7) is 1.79. The molecule has 0 aromatic carbocycles. The van der Waals surface area contributed by atoms with Crippen LogP contribution in [0, 0.1) is 11.3 Å². The van der Waals surface area contributed by atoms with Crippen molar-refractivity contribution in [2.24, 2.45) is 0 Å². The summed E-state index contributed by atoms with van der Waals surface area (Å²) in [6, 6.07) is 5.48. The Balaban J connectivity index is 2.98. The monoisotopic (exact) mass is 166 g/mol. The molecule has 1 atom stereocenters. The lowest BCUT2D eigenvalue weighted by Gasteiger charge is -1.99. The van der Waals surface area contributed by atoms with Gasteiger partial charge >= 0.3 is 0 Å². The molecule has 0 fully saturated rings. The lowest BCUT2D eigenvalue weighted by atomic mass is 10.1. The Labute approximate surface area is 70.4 Å². The van der Waals surface area contributed by atoms with Gasteiger partial charge in [0.2, 0.25) is 0 Å². The molecule has 0 spiro atoms. The maximum absolute atomic E-state index is 8.55. The summed E-state index contributed by atoms with van der Waals surface area (Å²) in [5.41, 5.74) is 0.722. The molecular weight excluding hydrogens is 160 g/mol. The van der Waals surface area contributed by atoms with Gasteiger partial charge in [-0.1, -0.05) is 11.6 Å². The van der Waals surface area contributed by atoms with Gasteiger partial charge in [0.15, 0.2) is 0 Å². The van der Waals surface area contributed by atoms with Gasteiger partial charge in [0.05, 0.1) is 17.7 Å². The van der Waals surface area contributed by atoms with Crippen LogP contribution in [0.4, 0.5) is 0 Å². The third kappa shape index (κ3) is 1.92. The molecule has 1 aromatic rings. The zero-order chi connectivity index (χ0) is 8.27. The third-order valence-electron chi connectivity index (χ3n) is 1.38. The van der Waals surface area contributed by atoms with Crippen molar-refractivity contribution in [2.45, 2.75) is 12.8 Å². The minimum atomic E-state index is -0.186. The van der Waals surface area contributed by atoms with Crippen molar-refractivity contribution in [3.8, 4) is 6.07 Å². The van der Waals surface area contributed by atoms with Crippen LogP contribution in [0.2, 0.25) is 5.02 Å². The molecule has 1 rings (SSSR count). The third-order valence-corrected chi connectivity index (χ3v) is 1.62. The normalized spacial score (nSPS) is 12.1. The van der Waals surface area contributed by atoms with E-state index in [2.05, 4.69) is 11.1 Å². The van der Waals surface area contributed by atoms with Gasteiger partial charge in [-0.15, -0.1) is 0 Å². The number of hydrogen-bond acceptors (Lipinski definition) is 2. The van der Waals surface area contributed by atoms with Crippen LogP contribution in [0.1, 0.15) is 18.5 Å². The van der Waals surface area contributed by atoms with Crippen LogP contribution < -0.4 is 0 Å². The first-order valence-electron chi connectivity index (χ1n) is 3.25. The van der Waals surface area contributed by atoms with E-state index in [1.807, 2.05) is 0 Å². The van der Waals surface area contributed by atoms with Crippen LogP contribution in [-0.4, -0.2) is 4.98 Å². The van der Waals surface area contributed by atoms with E-state index in [1.54, 1.807) is 25.3 Å². The molecule has 11 heavy (non-hydrogen) atoms. The topological polar surface area (TPSA) is 36.7 Å². The minimum Gasteiger partial charge on any atom is -0.260 e. The zero-order valence-electron chi connectivity index (χ0n) is 6.08. The number of pyridine rings is 1. The molecule has 0 saturated carbocycles. The largest absolute Gasteiger partial charge is 0.260 e. The Hall–Kier alpha value is -1.07. The fraction of sp³-hybridized carbons (Fsp3) is 0.250. The molecule has 0 amide bonds. The van der Waals surface area contributed by atoms with Crippen LogP contribution >= 0.6 is 11.6 Å². The summed E-state index contributed by atoms with van der Waals surface area (Å²) in [5, 5.41) is 9.17. The Bertz CT molecular complexity index is 290. The lowest BCUT2D eigenvalue weighted by molar-refractivity contribution is 0.920. The number of aromatic nitrogens is 1. The maximum atomic E-state index is 8.55. The molecule has 1 heterocycles. The molecule has 3 heteroatoms. The Morgan fingerprint density at radius 1 is 1.73 bits per heavy atom. The van der Waals surface area contributed by atoms with Crippen LogP contribution in [-0.2, 0) is 0 Å². The molecule has 0 aliphatic rings.